The third-order valence-corrected chi connectivity index (χ3v) is 5.39. The minimum Gasteiger partial charge on any atom is -0.494 e. The molecule has 0 atom stereocenters. The van der Waals surface area contributed by atoms with E-state index < -0.39 is 0 Å². The summed E-state index contributed by atoms with van der Waals surface area (Å²) in [5.41, 5.74) is 2.32. The van der Waals surface area contributed by atoms with Crippen LogP contribution in [0.25, 0.3) is 0 Å². The van der Waals surface area contributed by atoms with Gasteiger partial charge < -0.3 is 19.3 Å². The molecule has 0 aromatic heterocycles. The quantitative estimate of drug-likeness (QED) is 0.303. The summed E-state index contributed by atoms with van der Waals surface area (Å²) < 4.78 is 11.8. The average Bonchev–Trinajstić information content (AvgIpc) is 3.13. The minimum atomic E-state index is 0.448. The van der Waals surface area contributed by atoms with E-state index in [1.165, 1.54) is 5.56 Å². The van der Waals surface area contributed by atoms with Crippen LogP contribution >= 0.6 is 23.8 Å². The van der Waals surface area contributed by atoms with Crippen LogP contribution in [0.2, 0.25) is 5.02 Å². The molecule has 1 heterocycles. The largest absolute Gasteiger partial charge is 0.494 e. The molecule has 0 saturated heterocycles. The van der Waals surface area contributed by atoms with Gasteiger partial charge in [-0.15, -0.1) is 6.58 Å². The Bertz CT molecular complexity index is 841. The smallest absolute Gasteiger partial charge is 0.269 e. The number of rotatable bonds is 9. The first kappa shape index (κ1) is 21.6. The summed E-state index contributed by atoms with van der Waals surface area (Å²) >= 11 is 11.4. The molecule has 3 rings (SSSR count). The lowest BCUT2D eigenvalue weighted by atomic mass is 10.1. The van der Waals surface area contributed by atoms with Gasteiger partial charge >= 0.3 is 0 Å². The van der Waals surface area contributed by atoms with Crippen LogP contribution < -0.4 is 14.4 Å². The first-order chi connectivity index (χ1) is 14.1. The van der Waals surface area contributed by atoms with Gasteiger partial charge in [0.1, 0.15) is 11.5 Å². The van der Waals surface area contributed by atoms with Crippen molar-refractivity contribution in [2.45, 2.75) is 19.3 Å². The Balaban J connectivity index is 1.49. The monoisotopic (exact) mass is 430 g/mol. The number of nitrogens with zero attached hydrogens (tertiary/aromatic N) is 2. The Labute approximate surface area is 183 Å². The molecule has 0 radical (unpaired) electrons. The van der Waals surface area contributed by atoms with E-state index in [2.05, 4.69) is 30.7 Å². The zero-order chi connectivity index (χ0) is 20.6. The number of hydrogen-bond donors (Lipinski definition) is 0. The number of hydrogen-bond acceptors (Lipinski definition) is 4. The van der Waals surface area contributed by atoms with E-state index >= 15 is 0 Å². The maximum Gasteiger partial charge on any atom is 0.269 e. The highest BCUT2D eigenvalue weighted by Gasteiger charge is 2.24. The Morgan fingerprint density at radius 2 is 1.97 bits per heavy atom. The second-order valence-corrected chi connectivity index (χ2v) is 7.91. The van der Waals surface area contributed by atoms with Crippen LogP contribution in [0, 0.1) is 0 Å². The number of halogens is 1. The van der Waals surface area contributed by atoms with E-state index in [4.69, 9.17) is 33.3 Å². The zero-order valence-electron chi connectivity index (χ0n) is 16.8. The van der Waals surface area contributed by atoms with Crippen molar-refractivity contribution >= 4 is 34.7 Å². The summed E-state index contributed by atoms with van der Waals surface area (Å²) in [7, 11) is 2.11. The lowest BCUT2D eigenvalue weighted by Gasteiger charge is -2.20. The molecule has 0 aliphatic carbocycles. The van der Waals surface area contributed by atoms with Crippen LogP contribution in [0.15, 0.2) is 55.1 Å². The predicted octanol–water partition coefficient (Wildman–Crippen LogP) is 5.34. The van der Waals surface area contributed by atoms with Gasteiger partial charge in [-0.3, -0.25) is 0 Å². The van der Waals surface area contributed by atoms with Crippen LogP contribution in [0.5, 0.6) is 11.5 Å². The van der Waals surface area contributed by atoms with Crippen LogP contribution in [0.4, 0.5) is 5.69 Å². The summed E-state index contributed by atoms with van der Waals surface area (Å²) in [6.45, 7) is 7.27. The van der Waals surface area contributed by atoms with Crippen molar-refractivity contribution in [2.24, 2.45) is 0 Å². The highest BCUT2D eigenvalue weighted by atomic mass is 35.5. The second-order valence-electron chi connectivity index (χ2n) is 7.12. The second kappa shape index (κ2) is 10.6. The first-order valence-electron chi connectivity index (χ1n) is 9.87. The highest BCUT2D eigenvalue weighted by Crippen LogP contribution is 2.32. The number of benzene rings is 2. The Hall–Kier alpha value is -2.08. The van der Waals surface area contributed by atoms with E-state index in [0.717, 1.165) is 56.9 Å². The summed E-state index contributed by atoms with van der Waals surface area (Å²) in [6, 6.07) is 13.4. The van der Waals surface area contributed by atoms with Gasteiger partial charge in [-0.1, -0.05) is 17.7 Å². The summed E-state index contributed by atoms with van der Waals surface area (Å²) in [6.07, 6.45) is 4.99. The molecule has 2 aromatic rings. The van der Waals surface area contributed by atoms with Gasteiger partial charge in [-0.2, -0.15) is 0 Å². The molecule has 1 aliphatic heterocycles. The first-order valence-corrected chi connectivity index (χ1v) is 10.7. The molecule has 6 heteroatoms. The fourth-order valence-corrected chi connectivity index (χ4v) is 3.71. The maximum absolute atomic E-state index is 5.94. The number of likely N-dealkylation sites (N-methyl/N-ethyl adjacent to an activating group) is 1. The van der Waals surface area contributed by atoms with E-state index in [0.29, 0.717) is 15.9 Å². The van der Waals surface area contributed by atoms with Gasteiger partial charge in [0.2, 0.25) is 0 Å². The predicted molar refractivity (Wildman–Crippen MR) is 125 cm³/mol. The summed E-state index contributed by atoms with van der Waals surface area (Å²) in [4.78, 5) is 4.28. The van der Waals surface area contributed by atoms with Crippen molar-refractivity contribution < 1.29 is 9.47 Å². The molecule has 0 N–H and O–H groups in total. The number of thiocarbonyl (C=S) groups is 1. The van der Waals surface area contributed by atoms with Gasteiger partial charge in [0.25, 0.3) is 5.17 Å². The fraction of sp³-hybridized carbons (Fsp3) is 0.348. The normalized spacial score (nSPS) is 12.7. The van der Waals surface area contributed by atoms with Crippen molar-refractivity contribution in [3.8, 4) is 11.5 Å². The molecule has 29 heavy (non-hydrogen) atoms. The number of anilines is 1. The van der Waals surface area contributed by atoms with E-state index in [1.807, 2.05) is 29.2 Å². The Morgan fingerprint density at radius 3 is 2.72 bits per heavy atom. The van der Waals surface area contributed by atoms with E-state index in [1.54, 1.807) is 12.1 Å². The van der Waals surface area contributed by atoms with Crippen LogP contribution in [0.3, 0.4) is 0 Å². The molecule has 2 aromatic carbocycles. The topological polar surface area (TPSA) is 24.9 Å². The molecule has 1 aliphatic rings. The van der Waals surface area contributed by atoms with Crippen molar-refractivity contribution in [3.05, 3.63) is 65.7 Å². The minimum absolute atomic E-state index is 0.448. The molecular weight excluding hydrogens is 404 g/mol. The Morgan fingerprint density at radius 1 is 1.21 bits per heavy atom. The van der Waals surface area contributed by atoms with Gasteiger partial charge in [-0.25, -0.2) is 0 Å². The van der Waals surface area contributed by atoms with Crippen molar-refractivity contribution in [3.63, 3.8) is 0 Å². The molecule has 154 valence electrons. The third-order valence-electron chi connectivity index (χ3n) is 4.83. The van der Waals surface area contributed by atoms with Crippen molar-refractivity contribution in [1.29, 1.82) is 0 Å². The fourth-order valence-electron chi connectivity index (χ4n) is 3.30. The average molecular weight is 431 g/mol. The third kappa shape index (κ3) is 6.20. The van der Waals surface area contributed by atoms with E-state index in [-0.39, 0.29) is 0 Å². The molecule has 0 unspecified atom stereocenters. The Kier molecular flexibility index (Phi) is 7.92. The van der Waals surface area contributed by atoms with Gasteiger partial charge in [0.05, 0.1) is 6.61 Å². The SMILES string of the molecule is C=CCN(C)CCCCOc1ccc2c(c1)CCN2C(=S)Oc1ccc(Cl)cc1. The molecule has 0 spiro atoms. The summed E-state index contributed by atoms with van der Waals surface area (Å²) in [5, 5.41) is 1.12. The van der Waals surface area contributed by atoms with Gasteiger partial charge in [-0.05, 0) is 93.1 Å². The number of unbranched alkanes of at least 4 members (excludes halogenated alkanes) is 1. The summed E-state index contributed by atoms with van der Waals surface area (Å²) in [5.74, 6) is 1.60. The van der Waals surface area contributed by atoms with E-state index in [9.17, 15) is 0 Å². The van der Waals surface area contributed by atoms with Crippen molar-refractivity contribution in [2.75, 3.05) is 38.2 Å². The van der Waals surface area contributed by atoms with Gasteiger partial charge in [0, 0.05) is 23.8 Å². The highest BCUT2D eigenvalue weighted by molar-refractivity contribution is 7.80. The number of fused-ring (bicyclic) bond motifs is 1. The zero-order valence-corrected chi connectivity index (χ0v) is 18.3. The maximum atomic E-state index is 5.94. The molecule has 0 amide bonds. The molecule has 0 saturated carbocycles. The molecular formula is C23H27ClN2O2S. The lowest BCUT2D eigenvalue weighted by molar-refractivity contribution is 0.287. The van der Waals surface area contributed by atoms with Crippen LogP contribution in [-0.4, -0.2) is 43.4 Å². The van der Waals surface area contributed by atoms with Crippen molar-refractivity contribution in [1.82, 2.24) is 4.90 Å². The van der Waals surface area contributed by atoms with Gasteiger partial charge in [0.15, 0.2) is 0 Å². The molecule has 4 nitrogen and oxygen atoms in total. The molecule has 0 bridgehead atoms. The standard InChI is InChI=1S/C23H27ClN2O2S/c1-3-13-25(2)14-4-5-16-27-21-10-11-22-18(17-21)12-15-26(22)23(29)28-20-8-6-19(24)7-9-20/h3,6-11,17H,1,4-5,12-16H2,2H3. The van der Waals surface area contributed by atoms with Crippen LogP contribution in [0.1, 0.15) is 18.4 Å². The van der Waals surface area contributed by atoms with Crippen LogP contribution in [-0.2, 0) is 6.42 Å². The lowest BCUT2D eigenvalue weighted by Crippen LogP contribution is -2.31. The number of ether oxygens (including phenoxy) is 2. The molecule has 0 fully saturated rings.